The molecule has 1 saturated heterocycles. The van der Waals surface area contributed by atoms with E-state index in [0.29, 0.717) is 14.8 Å². The molecule has 1 aliphatic rings. The van der Waals surface area contributed by atoms with Crippen molar-refractivity contribution >= 4 is 19.8 Å². The summed E-state index contributed by atoms with van der Waals surface area (Å²) in [5, 5.41) is 0. The molecule has 0 bridgehead atoms. The molecular weight excluding hydrogens is 268 g/mol. The van der Waals surface area contributed by atoms with Crippen molar-refractivity contribution < 1.29 is 13.2 Å². The van der Waals surface area contributed by atoms with Crippen molar-refractivity contribution in [1.82, 2.24) is 0 Å². The monoisotopic (exact) mass is 280 g/mol. The summed E-state index contributed by atoms with van der Waals surface area (Å²) >= 11 is -2.52. The van der Waals surface area contributed by atoms with Gasteiger partial charge in [-0.1, -0.05) is 0 Å². The minimum atomic E-state index is -3.79. The predicted molar refractivity (Wildman–Crippen MR) is 48.2 cm³/mol. The molecule has 68 valence electrons. The van der Waals surface area contributed by atoms with Crippen LogP contribution in [0.3, 0.4) is 0 Å². The van der Waals surface area contributed by atoms with Gasteiger partial charge in [0.25, 0.3) is 0 Å². The molecule has 0 atom stereocenters. The van der Waals surface area contributed by atoms with E-state index in [4.69, 9.17) is 0 Å². The molecule has 0 amide bonds. The van der Waals surface area contributed by atoms with E-state index in [-0.39, 0.29) is 0 Å². The fourth-order valence-corrected chi connectivity index (χ4v) is 6.48. The van der Waals surface area contributed by atoms with E-state index >= 15 is 0 Å². The molecule has 0 N–H and O–H groups in total. The summed E-state index contributed by atoms with van der Waals surface area (Å²) in [7, 11) is 0. The molecular formula is C7H12F3I. The van der Waals surface area contributed by atoms with Gasteiger partial charge in [-0.3, -0.25) is 0 Å². The Morgan fingerprint density at radius 2 is 1.64 bits per heavy atom. The van der Waals surface area contributed by atoms with Crippen LogP contribution in [0.5, 0.6) is 0 Å². The van der Waals surface area contributed by atoms with E-state index in [1.807, 2.05) is 6.92 Å². The first-order valence-electron chi connectivity index (χ1n) is 3.68. The summed E-state index contributed by atoms with van der Waals surface area (Å²) in [6.07, 6.45) is 1.62. The second kappa shape index (κ2) is 3.49. The summed E-state index contributed by atoms with van der Waals surface area (Å²) in [6.45, 7) is 2.05. The van der Waals surface area contributed by atoms with Gasteiger partial charge >= 0.3 is 71.7 Å². The van der Waals surface area contributed by atoms with Crippen LogP contribution in [-0.2, 0) is 0 Å². The Kier molecular flexibility index (Phi) is 3.05. The van der Waals surface area contributed by atoms with Gasteiger partial charge in [-0.25, -0.2) is 0 Å². The van der Waals surface area contributed by atoms with E-state index in [9.17, 15) is 13.2 Å². The van der Waals surface area contributed by atoms with Gasteiger partial charge in [-0.05, 0) is 0 Å². The van der Waals surface area contributed by atoms with Gasteiger partial charge < -0.3 is 0 Å². The normalized spacial score (nSPS) is 25.6. The fraction of sp³-hybridized carbons (Fsp3) is 1.00. The number of alkyl halides is 6. The summed E-state index contributed by atoms with van der Waals surface area (Å²) in [5.41, 5.74) is 0. The van der Waals surface area contributed by atoms with Crippen LogP contribution < -0.4 is 0 Å². The van der Waals surface area contributed by atoms with Crippen LogP contribution in [0.25, 0.3) is 0 Å². The van der Waals surface area contributed by atoms with Gasteiger partial charge in [0.2, 0.25) is 0 Å². The molecule has 1 heterocycles. The summed E-state index contributed by atoms with van der Waals surface area (Å²) < 4.78 is 33.6. The molecule has 1 fully saturated rings. The molecule has 0 radical (unpaired) electrons. The zero-order valence-corrected chi connectivity index (χ0v) is 8.58. The van der Waals surface area contributed by atoms with Crippen LogP contribution in [0.1, 0.15) is 19.8 Å². The first kappa shape index (κ1) is 9.61. The standard InChI is InChI=1S/C7H12F3I/c1-6-2-4-11(5-3-6)7(8,9)10/h6H,2-5H2,1H3. The second-order valence-corrected chi connectivity index (χ2v) is 8.93. The van der Waals surface area contributed by atoms with Crippen LogP contribution in [0.4, 0.5) is 13.2 Å². The van der Waals surface area contributed by atoms with Gasteiger partial charge in [-0.15, -0.1) is 0 Å². The van der Waals surface area contributed by atoms with Crippen molar-refractivity contribution in [3.05, 3.63) is 0 Å². The average molecular weight is 280 g/mol. The summed E-state index contributed by atoms with van der Waals surface area (Å²) in [4.78, 5) is 0. The second-order valence-electron chi connectivity index (χ2n) is 2.95. The number of hydrogen-bond donors (Lipinski definition) is 0. The molecule has 0 saturated carbocycles. The van der Waals surface area contributed by atoms with E-state index in [0.717, 1.165) is 12.8 Å². The molecule has 0 aromatic rings. The van der Waals surface area contributed by atoms with Crippen molar-refractivity contribution in [1.29, 1.82) is 0 Å². The van der Waals surface area contributed by atoms with Crippen molar-refractivity contribution in [2.24, 2.45) is 5.92 Å². The first-order valence-corrected chi connectivity index (χ1v) is 7.81. The molecule has 1 aliphatic heterocycles. The minimum absolute atomic E-state index is 0.495. The van der Waals surface area contributed by atoms with E-state index in [2.05, 4.69) is 0 Å². The maximum atomic E-state index is 12.1. The third-order valence-corrected chi connectivity index (χ3v) is 7.54. The van der Waals surface area contributed by atoms with Crippen LogP contribution in [-0.4, -0.2) is 13.0 Å². The zero-order chi connectivity index (χ0) is 8.48. The Labute approximate surface area is 71.9 Å². The third kappa shape index (κ3) is 2.80. The van der Waals surface area contributed by atoms with E-state index in [1.54, 1.807) is 0 Å². The first-order chi connectivity index (χ1) is 5.00. The van der Waals surface area contributed by atoms with E-state index < -0.39 is 24.0 Å². The quantitative estimate of drug-likeness (QED) is 0.471. The van der Waals surface area contributed by atoms with Crippen LogP contribution in [0, 0.1) is 5.92 Å². The van der Waals surface area contributed by atoms with E-state index in [1.165, 1.54) is 0 Å². The van der Waals surface area contributed by atoms with Crippen molar-refractivity contribution in [3.63, 3.8) is 0 Å². The molecule has 0 aromatic carbocycles. The van der Waals surface area contributed by atoms with Crippen molar-refractivity contribution in [3.8, 4) is 0 Å². The molecule has 0 unspecified atom stereocenters. The van der Waals surface area contributed by atoms with Crippen LogP contribution in [0.15, 0.2) is 0 Å². The Hall–Kier alpha value is 0.520. The Bertz CT molecular complexity index is 124. The molecule has 0 spiro atoms. The summed E-state index contributed by atoms with van der Waals surface area (Å²) in [6, 6.07) is 0. The molecule has 0 aromatic heterocycles. The van der Waals surface area contributed by atoms with Crippen LogP contribution in [0.2, 0.25) is 0 Å². The Balaban J connectivity index is 2.39. The topological polar surface area (TPSA) is 0 Å². The SMILES string of the molecule is CC1CCI(C(F)(F)F)CC1. The van der Waals surface area contributed by atoms with Crippen LogP contribution >= 0.6 is 19.8 Å². The van der Waals surface area contributed by atoms with Gasteiger partial charge in [0, 0.05) is 0 Å². The average Bonchev–Trinajstić information content (AvgIpc) is 1.86. The third-order valence-electron chi connectivity index (χ3n) is 1.96. The predicted octanol–water partition coefficient (Wildman–Crippen LogP) is 3.44. The molecule has 11 heavy (non-hydrogen) atoms. The van der Waals surface area contributed by atoms with Gasteiger partial charge in [0.05, 0.1) is 0 Å². The maximum absolute atomic E-state index is 12.1. The number of halogens is 4. The molecule has 1 rings (SSSR count). The number of hydrogen-bond acceptors (Lipinski definition) is 0. The molecule has 4 heteroatoms. The number of rotatable bonds is 0. The van der Waals surface area contributed by atoms with Gasteiger partial charge in [0.15, 0.2) is 0 Å². The molecule has 0 nitrogen and oxygen atoms in total. The Morgan fingerprint density at radius 3 is 2.00 bits per heavy atom. The fourth-order valence-electron chi connectivity index (χ4n) is 1.09. The zero-order valence-electron chi connectivity index (χ0n) is 6.42. The Morgan fingerprint density at radius 1 is 1.18 bits per heavy atom. The summed E-state index contributed by atoms with van der Waals surface area (Å²) in [5.74, 6) is 0.533. The van der Waals surface area contributed by atoms with Gasteiger partial charge in [-0.2, -0.15) is 0 Å². The van der Waals surface area contributed by atoms with Crippen molar-refractivity contribution in [2.45, 2.75) is 23.9 Å². The molecule has 0 aliphatic carbocycles. The van der Waals surface area contributed by atoms with Crippen molar-refractivity contribution in [2.75, 3.05) is 8.86 Å². The van der Waals surface area contributed by atoms with Gasteiger partial charge in [0.1, 0.15) is 0 Å².